The summed E-state index contributed by atoms with van der Waals surface area (Å²) in [7, 11) is 0. The van der Waals surface area contributed by atoms with Crippen molar-refractivity contribution in [1.29, 1.82) is 5.26 Å². The lowest BCUT2D eigenvalue weighted by Gasteiger charge is -1.89. The van der Waals surface area contributed by atoms with E-state index in [1.165, 1.54) is 0 Å². The summed E-state index contributed by atoms with van der Waals surface area (Å²) in [6, 6.07) is 1.89. The predicted octanol–water partition coefficient (Wildman–Crippen LogP) is 0.116. The number of nitriles is 1. The van der Waals surface area contributed by atoms with E-state index in [9.17, 15) is 4.79 Å². The third kappa shape index (κ3) is 5.12. The highest BCUT2D eigenvalue weighted by Crippen LogP contribution is 1.75. The van der Waals surface area contributed by atoms with Gasteiger partial charge < -0.3 is 9.53 Å². The fourth-order valence-electron chi connectivity index (χ4n) is 0.249. The average Bonchev–Trinajstić information content (AvgIpc) is 1.81. The predicted molar refractivity (Wildman–Crippen MR) is 27.1 cm³/mol. The summed E-state index contributed by atoms with van der Waals surface area (Å²) in [4.78, 5) is 9.56. The highest BCUT2D eigenvalue weighted by Gasteiger charge is 1.81. The maximum Gasteiger partial charge on any atom is 0.145 e. The first-order chi connectivity index (χ1) is 3.91. The van der Waals surface area contributed by atoms with Crippen molar-refractivity contribution in [3.05, 3.63) is 0 Å². The molecule has 0 bridgehead atoms. The van der Waals surface area contributed by atoms with Gasteiger partial charge in [0.25, 0.3) is 0 Å². The van der Waals surface area contributed by atoms with Gasteiger partial charge in [0, 0.05) is 0 Å². The molecule has 0 radical (unpaired) electrons. The van der Waals surface area contributed by atoms with Crippen molar-refractivity contribution in [1.82, 2.24) is 0 Å². The van der Waals surface area contributed by atoms with Gasteiger partial charge in [0.1, 0.15) is 12.9 Å². The van der Waals surface area contributed by atoms with Crippen molar-refractivity contribution >= 4 is 6.29 Å². The molecule has 0 aliphatic rings. The van der Waals surface area contributed by atoms with Crippen molar-refractivity contribution in [2.45, 2.75) is 6.42 Å². The van der Waals surface area contributed by atoms with Gasteiger partial charge in [0.2, 0.25) is 0 Å². The highest BCUT2D eigenvalue weighted by atomic mass is 16.5. The fourth-order valence-corrected chi connectivity index (χ4v) is 0.249. The molecule has 0 spiro atoms. The summed E-state index contributed by atoms with van der Waals surface area (Å²) in [5.74, 6) is 0. The molecule has 8 heavy (non-hydrogen) atoms. The van der Waals surface area contributed by atoms with Crippen LogP contribution in [-0.4, -0.2) is 19.5 Å². The van der Waals surface area contributed by atoms with Gasteiger partial charge in [0.05, 0.1) is 19.1 Å². The minimum absolute atomic E-state index is 0.0989. The number of hydrogen-bond donors (Lipinski definition) is 0. The smallest absolute Gasteiger partial charge is 0.145 e. The molecular formula is C5H7NO2. The van der Waals surface area contributed by atoms with Gasteiger partial charge in [-0.1, -0.05) is 0 Å². The summed E-state index contributed by atoms with van der Waals surface area (Å²) in [5, 5.41) is 7.95. The van der Waals surface area contributed by atoms with E-state index in [0.29, 0.717) is 19.3 Å². The molecule has 0 aromatic heterocycles. The lowest BCUT2D eigenvalue weighted by Crippen LogP contribution is -1.95. The maximum absolute atomic E-state index is 9.56. The summed E-state index contributed by atoms with van der Waals surface area (Å²) in [5.41, 5.74) is 0. The molecular weight excluding hydrogens is 106 g/mol. The Labute approximate surface area is 47.9 Å². The number of hydrogen-bond acceptors (Lipinski definition) is 3. The van der Waals surface area contributed by atoms with E-state index in [1.807, 2.05) is 6.07 Å². The van der Waals surface area contributed by atoms with Crippen LogP contribution in [-0.2, 0) is 9.53 Å². The Morgan fingerprint density at radius 1 is 1.75 bits per heavy atom. The summed E-state index contributed by atoms with van der Waals surface area (Å²) >= 11 is 0. The molecule has 0 fully saturated rings. The van der Waals surface area contributed by atoms with Gasteiger partial charge >= 0.3 is 0 Å². The monoisotopic (exact) mass is 113 g/mol. The second kappa shape index (κ2) is 6.12. The lowest BCUT2D eigenvalue weighted by atomic mass is 10.5. The van der Waals surface area contributed by atoms with Crippen LogP contribution in [0.4, 0.5) is 0 Å². The number of aldehydes is 1. The molecule has 0 rings (SSSR count). The van der Waals surface area contributed by atoms with Gasteiger partial charge in [-0.25, -0.2) is 0 Å². The Balaban J connectivity index is 2.74. The van der Waals surface area contributed by atoms with Crippen LogP contribution in [0.1, 0.15) is 6.42 Å². The van der Waals surface area contributed by atoms with E-state index in [0.717, 1.165) is 0 Å². The molecule has 0 aliphatic carbocycles. The average molecular weight is 113 g/mol. The normalized spacial score (nSPS) is 7.88. The Hall–Kier alpha value is -0.880. The largest absolute Gasteiger partial charge is 0.373 e. The van der Waals surface area contributed by atoms with E-state index >= 15 is 0 Å². The van der Waals surface area contributed by atoms with Crippen LogP contribution in [0.5, 0.6) is 0 Å². The first-order valence-corrected chi connectivity index (χ1v) is 2.30. The SMILES string of the molecule is N#CCCOCC=O. The number of rotatable bonds is 4. The molecule has 3 nitrogen and oxygen atoms in total. The second-order valence-corrected chi connectivity index (χ2v) is 1.15. The zero-order valence-electron chi connectivity index (χ0n) is 4.46. The van der Waals surface area contributed by atoms with Gasteiger partial charge in [-0.2, -0.15) is 5.26 Å². The van der Waals surface area contributed by atoms with Gasteiger partial charge in [-0.3, -0.25) is 0 Å². The minimum atomic E-state index is 0.0989. The third-order valence-electron chi connectivity index (χ3n) is 0.544. The first kappa shape index (κ1) is 7.12. The molecule has 0 atom stereocenters. The van der Waals surface area contributed by atoms with Crippen LogP contribution in [0.15, 0.2) is 0 Å². The summed E-state index contributed by atoms with van der Waals surface area (Å²) < 4.78 is 4.63. The maximum atomic E-state index is 9.56. The topological polar surface area (TPSA) is 50.1 Å². The van der Waals surface area contributed by atoms with E-state index in [2.05, 4.69) is 4.74 Å². The minimum Gasteiger partial charge on any atom is -0.373 e. The van der Waals surface area contributed by atoms with Crippen molar-refractivity contribution in [3.63, 3.8) is 0 Å². The molecule has 0 heterocycles. The number of carbonyl (C=O) groups excluding carboxylic acids is 1. The number of carbonyl (C=O) groups is 1. The molecule has 44 valence electrons. The Morgan fingerprint density at radius 2 is 2.50 bits per heavy atom. The van der Waals surface area contributed by atoms with Gasteiger partial charge in [-0.15, -0.1) is 0 Å². The van der Waals surface area contributed by atoms with Gasteiger partial charge in [-0.05, 0) is 0 Å². The molecule has 0 amide bonds. The quantitative estimate of drug-likeness (QED) is 0.384. The molecule has 0 saturated carbocycles. The summed E-state index contributed by atoms with van der Waals surface area (Å²) in [6.45, 7) is 0.455. The number of ether oxygens (including phenoxy) is 1. The number of nitrogens with zero attached hydrogens (tertiary/aromatic N) is 1. The van der Waals surface area contributed by atoms with E-state index in [4.69, 9.17) is 5.26 Å². The van der Waals surface area contributed by atoms with E-state index in [1.54, 1.807) is 0 Å². The molecule has 0 aromatic carbocycles. The summed E-state index contributed by atoms with van der Waals surface area (Å²) in [6.07, 6.45) is 1.02. The lowest BCUT2D eigenvalue weighted by molar-refractivity contribution is -0.111. The van der Waals surface area contributed by atoms with E-state index in [-0.39, 0.29) is 6.61 Å². The van der Waals surface area contributed by atoms with Crippen LogP contribution < -0.4 is 0 Å². The van der Waals surface area contributed by atoms with Crippen LogP contribution in [0.2, 0.25) is 0 Å². The zero-order chi connectivity index (χ0) is 6.24. The molecule has 0 unspecified atom stereocenters. The van der Waals surface area contributed by atoms with E-state index < -0.39 is 0 Å². The first-order valence-electron chi connectivity index (χ1n) is 2.30. The Bertz CT molecular complexity index is 95.1. The Morgan fingerprint density at radius 3 is 3.00 bits per heavy atom. The van der Waals surface area contributed by atoms with Crippen molar-refractivity contribution < 1.29 is 9.53 Å². The van der Waals surface area contributed by atoms with Crippen LogP contribution in [0.25, 0.3) is 0 Å². The molecule has 0 saturated heterocycles. The van der Waals surface area contributed by atoms with Crippen molar-refractivity contribution in [2.24, 2.45) is 0 Å². The standard InChI is InChI=1S/C5H7NO2/c6-2-1-4-8-5-3-7/h3H,1,4-5H2. The fraction of sp³-hybridized carbons (Fsp3) is 0.600. The molecule has 3 heteroatoms. The van der Waals surface area contributed by atoms with Crippen LogP contribution >= 0.6 is 0 Å². The van der Waals surface area contributed by atoms with Crippen molar-refractivity contribution in [2.75, 3.05) is 13.2 Å². The third-order valence-corrected chi connectivity index (χ3v) is 0.544. The van der Waals surface area contributed by atoms with Crippen LogP contribution in [0, 0.1) is 11.3 Å². The molecule has 0 N–H and O–H groups in total. The second-order valence-electron chi connectivity index (χ2n) is 1.15. The van der Waals surface area contributed by atoms with Crippen molar-refractivity contribution in [3.8, 4) is 6.07 Å². The van der Waals surface area contributed by atoms with Crippen LogP contribution in [0.3, 0.4) is 0 Å². The van der Waals surface area contributed by atoms with Gasteiger partial charge in [0.15, 0.2) is 0 Å². The highest BCUT2D eigenvalue weighted by molar-refractivity contribution is 5.50. The molecule has 0 aliphatic heterocycles. The zero-order valence-corrected chi connectivity index (χ0v) is 4.46. The molecule has 0 aromatic rings. The Kier molecular flexibility index (Phi) is 5.45.